The zero-order chi connectivity index (χ0) is 18.3. The van der Waals surface area contributed by atoms with Crippen LogP contribution in [0.3, 0.4) is 0 Å². The molecule has 3 aromatic rings. The van der Waals surface area contributed by atoms with E-state index in [0.717, 1.165) is 13.3 Å². The third kappa shape index (κ3) is 2.15. The first-order valence-electron chi connectivity index (χ1n) is 9.09. The smallest absolute Gasteiger partial charge is 0.300 e. The Morgan fingerprint density at radius 2 is 1.12 bits per heavy atom. The van der Waals surface area contributed by atoms with Crippen LogP contribution < -0.4 is 0 Å². The minimum atomic E-state index is -0.833. The van der Waals surface area contributed by atoms with Crippen molar-refractivity contribution in [2.75, 3.05) is 0 Å². The minimum Gasteiger partial charge on any atom is -0.481 e. The predicted octanol–water partition coefficient (Wildman–Crippen LogP) is 5.33. The maximum atomic E-state index is 9.00. The Hall–Kier alpha value is -2.87. The SMILES string of the molecule is CC(=O)O.CCC12c3ccccc3C(c3ccccc31)c1ccccc12. The summed E-state index contributed by atoms with van der Waals surface area (Å²) in [5, 5.41) is 7.42. The van der Waals surface area contributed by atoms with E-state index < -0.39 is 5.97 Å². The van der Waals surface area contributed by atoms with Crippen LogP contribution in [-0.4, -0.2) is 11.1 Å². The molecule has 0 unspecified atom stereocenters. The molecule has 3 aliphatic rings. The monoisotopic (exact) mass is 342 g/mol. The number of carboxylic acid groups (broad SMARTS) is 1. The van der Waals surface area contributed by atoms with Crippen molar-refractivity contribution in [2.45, 2.75) is 31.6 Å². The van der Waals surface area contributed by atoms with Crippen LogP contribution in [0.2, 0.25) is 0 Å². The van der Waals surface area contributed by atoms with Crippen LogP contribution in [0.4, 0.5) is 0 Å². The lowest BCUT2D eigenvalue weighted by molar-refractivity contribution is -0.134. The Kier molecular flexibility index (Phi) is 3.91. The van der Waals surface area contributed by atoms with Crippen LogP contribution in [0, 0.1) is 0 Å². The zero-order valence-corrected chi connectivity index (χ0v) is 15.1. The molecule has 0 aliphatic heterocycles. The summed E-state index contributed by atoms with van der Waals surface area (Å²) in [4.78, 5) is 9.00. The molecular weight excluding hydrogens is 320 g/mol. The van der Waals surface area contributed by atoms with Crippen LogP contribution in [0.5, 0.6) is 0 Å². The highest BCUT2D eigenvalue weighted by Crippen LogP contribution is 2.59. The number of benzene rings is 3. The van der Waals surface area contributed by atoms with Crippen molar-refractivity contribution >= 4 is 5.97 Å². The van der Waals surface area contributed by atoms with Gasteiger partial charge in [0.05, 0.1) is 0 Å². The molecule has 0 spiro atoms. The van der Waals surface area contributed by atoms with E-state index in [0.29, 0.717) is 5.92 Å². The molecule has 6 rings (SSSR count). The van der Waals surface area contributed by atoms with Crippen LogP contribution in [0.1, 0.15) is 59.6 Å². The van der Waals surface area contributed by atoms with Gasteiger partial charge in [-0.1, -0.05) is 79.7 Å². The maximum Gasteiger partial charge on any atom is 0.300 e. The molecular formula is C24H22O2. The van der Waals surface area contributed by atoms with E-state index in [1.807, 2.05) is 0 Å². The third-order valence-electron chi connectivity index (χ3n) is 5.73. The molecule has 0 saturated heterocycles. The van der Waals surface area contributed by atoms with Gasteiger partial charge in [-0.2, -0.15) is 0 Å². The molecule has 130 valence electrons. The van der Waals surface area contributed by atoms with E-state index in [1.54, 1.807) is 0 Å². The van der Waals surface area contributed by atoms with Crippen molar-refractivity contribution < 1.29 is 9.90 Å². The largest absolute Gasteiger partial charge is 0.481 e. The second kappa shape index (κ2) is 6.14. The van der Waals surface area contributed by atoms with Gasteiger partial charge in [0.1, 0.15) is 0 Å². The molecule has 0 amide bonds. The predicted molar refractivity (Wildman–Crippen MR) is 104 cm³/mol. The van der Waals surface area contributed by atoms with E-state index in [-0.39, 0.29) is 5.41 Å². The topological polar surface area (TPSA) is 37.3 Å². The molecule has 0 radical (unpaired) electrons. The molecule has 3 aliphatic carbocycles. The first-order valence-corrected chi connectivity index (χ1v) is 9.09. The third-order valence-corrected chi connectivity index (χ3v) is 5.73. The lowest BCUT2D eigenvalue weighted by Crippen LogP contribution is -2.41. The fraction of sp³-hybridized carbons (Fsp3) is 0.208. The lowest BCUT2D eigenvalue weighted by Gasteiger charge is -2.50. The Balaban J connectivity index is 0.000000385. The van der Waals surface area contributed by atoms with E-state index in [4.69, 9.17) is 9.90 Å². The number of rotatable bonds is 1. The van der Waals surface area contributed by atoms with Crippen molar-refractivity contribution in [2.24, 2.45) is 0 Å². The number of hydrogen-bond donors (Lipinski definition) is 1. The molecule has 0 atom stereocenters. The average Bonchev–Trinajstić information content (AvgIpc) is 2.67. The minimum absolute atomic E-state index is 0.0263. The number of carbonyl (C=O) groups is 1. The van der Waals surface area contributed by atoms with E-state index >= 15 is 0 Å². The summed E-state index contributed by atoms with van der Waals surface area (Å²) < 4.78 is 0. The van der Waals surface area contributed by atoms with Crippen LogP contribution in [0.25, 0.3) is 0 Å². The standard InChI is InChI=1S/C22H18.C2H4O2/c1-2-22-18-12-6-3-9-15(18)21(16-10-4-7-13-19(16)22)17-11-5-8-14-20(17)22;1-2(3)4/h3-14,21H,2H2,1H3;1H3,(H,3,4). The highest BCUT2D eigenvalue weighted by atomic mass is 16.4. The van der Waals surface area contributed by atoms with Gasteiger partial charge in [-0.05, 0) is 39.8 Å². The summed E-state index contributed by atoms with van der Waals surface area (Å²) in [5.41, 5.74) is 9.07. The van der Waals surface area contributed by atoms with Gasteiger partial charge in [0.25, 0.3) is 5.97 Å². The summed E-state index contributed by atoms with van der Waals surface area (Å²) in [6, 6.07) is 27.2. The summed E-state index contributed by atoms with van der Waals surface area (Å²) >= 11 is 0. The molecule has 26 heavy (non-hydrogen) atoms. The fourth-order valence-corrected chi connectivity index (χ4v) is 4.92. The lowest BCUT2D eigenvalue weighted by atomic mass is 9.52. The summed E-state index contributed by atoms with van der Waals surface area (Å²) in [7, 11) is 0. The molecule has 2 heteroatoms. The van der Waals surface area contributed by atoms with Gasteiger partial charge in [-0.3, -0.25) is 4.79 Å². The van der Waals surface area contributed by atoms with Crippen molar-refractivity contribution in [3.05, 3.63) is 106 Å². The number of aliphatic carboxylic acids is 1. The van der Waals surface area contributed by atoms with Crippen molar-refractivity contribution in [1.29, 1.82) is 0 Å². The average molecular weight is 342 g/mol. The van der Waals surface area contributed by atoms with Crippen molar-refractivity contribution in [3.63, 3.8) is 0 Å². The summed E-state index contributed by atoms with van der Waals surface area (Å²) in [6.45, 7) is 3.41. The number of carboxylic acids is 1. The van der Waals surface area contributed by atoms with Crippen LogP contribution >= 0.6 is 0 Å². The summed E-state index contributed by atoms with van der Waals surface area (Å²) in [6.07, 6.45) is 1.10. The van der Waals surface area contributed by atoms with Crippen molar-refractivity contribution in [1.82, 2.24) is 0 Å². The van der Waals surface area contributed by atoms with E-state index in [9.17, 15) is 0 Å². The zero-order valence-electron chi connectivity index (χ0n) is 15.1. The molecule has 0 aromatic heterocycles. The first kappa shape index (κ1) is 16.6. The Morgan fingerprint density at radius 3 is 1.42 bits per heavy atom. The van der Waals surface area contributed by atoms with Crippen molar-refractivity contribution in [3.8, 4) is 0 Å². The maximum absolute atomic E-state index is 9.00. The molecule has 3 aromatic carbocycles. The van der Waals surface area contributed by atoms with Gasteiger partial charge in [-0.25, -0.2) is 0 Å². The number of hydrogen-bond acceptors (Lipinski definition) is 1. The molecule has 2 bridgehead atoms. The normalized spacial score (nSPS) is 20.9. The Morgan fingerprint density at radius 1 is 0.808 bits per heavy atom. The second-order valence-electron chi connectivity index (χ2n) is 6.97. The summed E-state index contributed by atoms with van der Waals surface area (Å²) in [5.74, 6) is -0.433. The molecule has 0 saturated carbocycles. The van der Waals surface area contributed by atoms with E-state index in [2.05, 4.69) is 79.7 Å². The second-order valence-corrected chi connectivity index (χ2v) is 6.97. The Labute approximate surface area is 154 Å². The highest BCUT2D eigenvalue weighted by Gasteiger charge is 2.49. The van der Waals surface area contributed by atoms with E-state index in [1.165, 1.54) is 33.4 Å². The van der Waals surface area contributed by atoms with Gasteiger partial charge in [0, 0.05) is 18.3 Å². The fourth-order valence-electron chi connectivity index (χ4n) is 4.92. The van der Waals surface area contributed by atoms with Gasteiger partial charge in [0.2, 0.25) is 0 Å². The quantitative estimate of drug-likeness (QED) is 0.649. The van der Waals surface area contributed by atoms with Gasteiger partial charge < -0.3 is 5.11 Å². The Bertz CT molecular complexity index is 867. The molecule has 1 N–H and O–H groups in total. The highest BCUT2D eigenvalue weighted by molar-refractivity contribution is 5.71. The van der Waals surface area contributed by atoms with Crippen LogP contribution in [-0.2, 0) is 10.2 Å². The first-order chi connectivity index (χ1) is 12.6. The molecule has 0 fully saturated rings. The van der Waals surface area contributed by atoms with Gasteiger partial charge in [-0.15, -0.1) is 0 Å². The molecule has 0 heterocycles. The molecule has 2 nitrogen and oxygen atoms in total. The van der Waals surface area contributed by atoms with Crippen LogP contribution in [0.15, 0.2) is 72.8 Å². The van der Waals surface area contributed by atoms with Gasteiger partial charge >= 0.3 is 0 Å². The van der Waals surface area contributed by atoms with Gasteiger partial charge in [0.15, 0.2) is 0 Å².